The number of methoxy groups -OCH3 is 1. The van der Waals surface area contributed by atoms with Gasteiger partial charge in [0, 0.05) is 4.47 Å². The molecule has 106 valence electrons. The van der Waals surface area contributed by atoms with Crippen LogP contribution >= 0.6 is 15.9 Å². The number of halogens is 1. The van der Waals surface area contributed by atoms with Gasteiger partial charge in [-0.15, -0.1) is 0 Å². The molecule has 0 unspecified atom stereocenters. The predicted molar refractivity (Wildman–Crippen MR) is 82.7 cm³/mol. The van der Waals surface area contributed by atoms with Gasteiger partial charge >= 0.3 is 0 Å². The summed E-state index contributed by atoms with van der Waals surface area (Å²) >= 11 is 3.31. The van der Waals surface area contributed by atoms with E-state index in [-0.39, 0.29) is 4.90 Å². The summed E-state index contributed by atoms with van der Waals surface area (Å²) in [5, 5.41) is 0. The lowest BCUT2D eigenvalue weighted by Crippen LogP contribution is -2.14. The highest BCUT2D eigenvalue weighted by Gasteiger charge is 2.20. The Morgan fingerprint density at radius 1 is 1.15 bits per heavy atom. The number of nitrogens with one attached hydrogen (secondary N) is 1. The van der Waals surface area contributed by atoms with Gasteiger partial charge < -0.3 is 4.74 Å². The number of sulfonamides is 1. The van der Waals surface area contributed by atoms with Crippen LogP contribution < -0.4 is 9.46 Å². The van der Waals surface area contributed by atoms with Gasteiger partial charge in [-0.2, -0.15) is 0 Å². The van der Waals surface area contributed by atoms with E-state index < -0.39 is 10.0 Å². The molecule has 0 amide bonds. The van der Waals surface area contributed by atoms with E-state index in [1.165, 1.54) is 7.11 Å². The number of aryl methyl sites for hydroxylation is 1. The molecule has 0 aliphatic carbocycles. The van der Waals surface area contributed by atoms with Gasteiger partial charge in [0.05, 0.1) is 12.8 Å². The zero-order valence-electron chi connectivity index (χ0n) is 11.1. The summed E-state index contributed by atoms with van der Waals surface area (Å²) in [5.41, 5.74) is 1.33. The molecule has 0 aliphatic rings. The first-order valence-corrected chi connectivity index (χ1v) is 8.13. The van der Waals surface area contributed by atoms with Crippen molar-refractivity contribution in [2.75, 3.05) is 11.8 Å². The minimum Gasteiger partial charge on any atom is -0.495 e. The standard InChI is InChI=1S/C14H14BrNO3S/c1-10-7-8-13(19-2)14(9-10)20(17,18)16-12-6-4-3-5-11(12)15/h3-9,16H,1-2H3. The van der Waals surface area contributed by atoms with E-state index in [0.29, 0.717) is 15.9 Å². The van der Waals surface area contributed by atoms with E-state index in [2.05, 4.69) is 20.7 Å². The molecule has 0 saturated heterocycles. The topological polar surface area (TPSA) is 55.4 Å². The Labute approximate surface area is 127 Å². The fraction of sp³-hybridized carbons (Fsp3) is 0.143. The van der Waals surface area contributed by atoms with Gasteiger partial charge in [0.1, 0.15) is 10.6 Å². The van der Waals surface area contributed by atoms with Crippen LogP contribution in [0.1, 0.15) is 5.56 Å². The average molecular weight is 356 g/mol. The molecule has 0 radical (unpaired) electrons. The van der Waals surface area contributed by atoms with E-state index in [9.17, 15) is 8.42 Å². The van der Waals surface area contributed by atoms with Crippen molar-refractivity contribution >= 4 is 31.6 Å². The zero-order valence-corrected chi connectivity index (χ0v) is 13.5. The van der Waals surface area contributed by atoms with Crippen LogP contribution in [0.5, 0.6) is 5.75 Å². The maximum Gasteiger partial charge on any atom is 0.265 e. The van der Waals surface area contributed by atoms with Gasteiger partial charge in [-0.25, -0.2) is 8.42 Å². The van der Waals surface area contributed by atoms with Crippen molar-refractivity contribution in [3.05, 3.63) is 52.5 Å². The molecule has 0 spiro atoms. The van der Waals surface area contributed by atoms with Crippen molar-refractivity contribution in [1.82, 2.24) is 0 Å². The first-order chi connectivity index (χ1) is 9.44. The number of hydrogen-bond acceptors (Lipinski definition) is 3. The maximum absolute atomic E-state index is 12.5. The summed E-state index contributed by atoms with van der Waals surface area (Å²) < 4.78 is 33.3. The Hall–Kier alpha value is -1.53. The second-order valence-electron chi connectivity index (χ2n) is 4.24. The van der Waals surface area contributed by atoms with Gasteiger partial charge in [0.25, 0.3) is 10.0 Å². The van der Waals surface area contributed by atoms with Crippen molar-refractivity contribution < 1.29 is 13.2 Å². The second kappa shape index (κ2) is 5.85. The Morgan fingerprint density at radius 3 is 2.50 bits per heavy atom. The molecule has 0 aromatic heterocycles. The van der Waals surface area contributed by atoms with E-state index in [1.807, 2.05) is 13.0 Å². The van der Waals surface area contributed by atoms with Gasteiger partial charge in [-0.1, -0.05) is 18.2 Å². The summed E-state index contributed by atoms with van der Waals surface area (Å²) in [4.78, 5) is 0.121. The normalized spacial score (nSPS) is 11.2. The van der Waals surface area contributed by atoms with Crippen molar-refractivity contribution in [3.63, 3.8) is 0 Å². The molecule has 0 saturated carbocycles. The van der Waals surface area contributed by atoms with Crippen LogP contribution in [0, 0.1) is 6.92 Å². The number of benzene rings is 2. The molecule has 4 nitrogen and oxygen atoms in total. The minimum atomic E-state index is -3.71. The molecule has 0 atom stereocenters. The Bertz CT molecular complexity index is 729. The quantitative estimate of drug-likeness (QED) is 0.911. The van der Waals surface area contributed by atoms with Gasteiger partial charge in [-0.05, 0) is 52.7 Å². The highest BCUT2D eigenvalue weighted by molar-refractivity contribution is 9.10. The summed E-state index contributed by atoms with van der Waals surface area (Å²) in [6.07, 6.45) is 0. The molecule has 0 bridgehead atoms. The molecule has 6 heteroatoms. The summed E-state index contributed by atoms with van der Waals surface area (Å²) in [6, 6.07) is 12.1. The van der Waals surface area contributed by atoms with Crippen LogP contribution in [0.15, 0.2) is 51.8 Å². The molecule has 0 fully saturated rings. The van der Waals surface area contributed by atoms with E-state index in [1.54, 1.807) is 36.4 Å². The lowest BCUT2D eigenvalue weighted by atomic mass is 10.2. The fourth-order valence-electron chi connectivity index (χ4n) is 1.74. The van der Waals surface area contributed by atoms with Crippen LogP contribution in [-0.2, 0) is 10.0 Å². The molecule has 2 aromatic rings. The van der Waals surface area contributed by atoms with Crippen LogP contribution in [0.4, 0.5) is 5.69 Å². The summed E-state index contributed by atoms with van der Waals surface area (Å²) in [7, 11) is -2.26. The highest BCUT2D eigenvalue weighted by atomic mass is 79.9. The van der Waals surface area contributed by atoms with Crippen LogP contribution in [0.3, 0.4) is 0 Å². The van der Waals surface area contributed by atoms with E-state index >= 15 is 0 Å². The van der Waals surface area contributed by atoms with E-state index in [0.717, 1.165) is 5.56 Å². The molecule has 0 heterocycles. The van der Waals surface area contributed by atoms with Crippen LogP contribution in [0.25, 0.3) is 0 Å². The first kappa shape index (κ1) is 14.9. The lowest BCUT2D eigenvalue weighted by molar-refractivity contribution is 0.402. The number of hydrogen-bond donors (Lipinski definition) is 1. The van der Waals surface area contributed by atoms with Crippen molar-refractivity contribution in [1.29, 1.82) is 0 Å². The first-order valence-electron chi connectivity index (χ1n) is 5.86. The molecule has 0 aliphatic heterocycles. The number of para-hydroxylation sites is 1. The lowest BCUT2D eigenvalue weighted by Gasteiger charge is -2.13. The van der Waals surface area contributed by atoms with Gasteiger partial charge in [-0.3, -0.25) is 4.72 Å². The van der Waals surface area contributed by atoms with Crippen molar-refractivity contribution in [2.24, 2.45) is 0 Å². The largest absolute Gasteiger partial charge is 0.495 e. The number of rotatable bonds is 4. The number of anilines is 1. The minimum absolute atomic E-state index is 0.121. The van der Waals surface area contributed by atoms with Crippen molar-refractivity contribution in [2.45, 2.75) is 11.8 Å². The SMILES string of the molecule is COc1ccc(C)cc1S(=O)(=O)Nc1ccccc1Br. The summed E-state index contributed by atoms with van der Waals surface area (Å²) in [5.74, 6) is 0.315. The third-order valence-corrected chi connectivity index (χ3v) is 4.81. The third kappa shape index (κ3) is 3.13. The smallest absolute Gasteiger partial charge is 0.265 e. The van der Waals surface area contributed by atoms with Gasteiger partial charge in [0.15, 0.2) is 0 Å². The Kier molecular flexibility index (Phi) is 4.35. The number of ether oxygens (including phenoxy) is 1. The molecular weight excluding hydrogens is 342 g/mol. The van der Waals surface area contributed by atoms with Crippen LogP contribution in [-0.4, -0.2) is 15.5 Å². The molecule has 1 N–H and O–H groups in total. The average Bonchev–Trinajstić information content (AvgIpc) is 2.41. The van der Waals surface area contributed by atoms with Gasteiger partial charge in [0.2, 0.25) is 0 Å². The Balaban J connectivity index is 2.46. The molecule has 2 aromatic carbocycles. The summed E-state index contributed by atoms with van der Waals surface area (Å²) in [6.45, 7) is 1.83. The molecule has 2 rings (SSSR count). The predicted octanol–water partition coefficient (Wildman–Crippen LogP) is 3.57. The maximum atomic E-state index is 12.5. The van der Waals surface area contributed by atoms with E-state index in [4.69, 9.17) is 4.74 Å². The zero-order chi connectivity index (χ0) is 14.8. The fourth-order valence-corrected chi connectivity index (χ4v) is 3.59. The molecular formula is C14H14BrNO3S. The molecule has 20 heavy (non-hydrogen) atoms. The van der Waals surface area contributed by atoms with Crippen molar-refractivity contribution in [3.8, 4) is 5.75 Å². The third-order valence-electron chi connectivity index (χ3n) is 2.73. The Morgan fingerprint density at radius 2 is 1.85 bits per heavy atom. The van der Waals surface area contributed by atoms with Crippen LogP contribution in [0.2, 0.25) is 0 Å². The highest BCUT2D eigenvalue weighted by Crippen LogP contribution is 2.29. The second-order valence-corrected chi connectivity index (χ2v) is 6.74. The monoisotopic (exact) mass is 355 g/mol.